The Balaban J connectivity index is 1.26. The van der Waals surface area contributed by atoms with Gasteiger partial charge in [0.15, 0.2) is 17.4 Å². The van der Waals surface area contributed by atoms with Gasteiger partial charge in [-0.1, -0.05) is 0 Å². The van der Waals surface area contributed by atoms with Gasteiger partial charge in [-0.3, -0.25) is 14.7 Å². The lowest BCUT2D eigenvalue weighted by Gasteiger charge is -2.32. The summed E-state index contributed by atoms with van der Waals surface area (Å²) in [6.07, 6.45) is 3.96. The van der Waals surface area contributed by atoms with Gasteiger partial charge in [0.25, 0.3) is 5.91 Å². The molecule has 5 heterocycles. The molecule has 0 bridgehead atoms. The topological polar surface area (TPSA) is 103 Å². The number of halogens is 1. The average molecular weight is 531 g/mol. The fraction of sp³-hybridized carbons (Fsp3) is 0.357. The molecule has 2 fully saturated rings. The quantitative estimate of drug-likeness (QED) is 0.371. The van der Waals surface area contributed by atoms with Crippen LogP contribution in [-0.2, 0) is 6.54 Å². The van der Waals surface area contributed by atoms with Gasteiger partial charge in [0, 0.05) is 62.4 Å². The first-order chi connectivity index (χ1) is 18.9. The highest BCUT2D eigenvalue weighted by Gasteiger charge is 2.30. The number of nitrogens with zero attached hydrogens (tertiary/aromatic N) is 6. The predicted molar refractivity (Wildman–Crippen MR) is 146 cm³/mol. The first-order valence-corrected chi connectivity index (χ1v) is 13.2. The van der Waals surface area contributed by atoms with Crippen LogP contribution in [0.1, 0.15) is 28.2 Å². The van der Waals surface area contributed by atoms with E-state index in [-0.39, 0.29) is 28.9 Å². The van der Waals surface area contributed by atoms with E-state index >= 15 is 4.39 Å². The number of carbonyl (C=O) groups excluding carboxylic acids is 1. The van der Waals surface area contributed by atoms with Gasteiger partial charge in [0.2, 0.25) is 5.88 Å². The van der Waals surface area contributed by atoms with E-state index < -0.39 is 5.82 Å². The third-order valence-electron chi connectivity index (χ3n) is 7.28. The Kier molecular flexibility index (Phi) is 6.84. The van der Waals surface area contributed by atoms with Crippen molar-refractivity contribution in [2.45, 2.75) is 19.9 Å². The molecule has 0 atom stereocenters. The molecule has 2 N–H and O–H groups in total. The number of fused-ring (bicyclic) bond motifs is 1. The minimum atomic E-state index is -0.521. The van der Waals surface area contributed by atoms with E-state index in [1.807, 2.05) is 19.1 Å². The van der Waals surface area contributed by atoms with Gasteiger partial charge in [0.05, 0.1) is 17.6 Å². The molecule has 2 aliphatic rings. The largest absolute Gasteiger partial charge is 0.435 e. The molecule has 11 heteroatoms. The maximum atomic E-state index is 15.3. The van der Waals surface area contributed by atoms with Gasteiger partial charge in [-0.05, 0) is 50.7 Å². The van der Waals surface area contributed by atoms with E-state index in [1.165, 1.54) is 12.4 Å². The van der Waals surface area contributed by atoms with Crippen molar-refractivity contribution in [1.29, 1.82) is 0 Å². The third kappa shape index (κ3) is 5.27. The Morgan fingerprint density at radius 3 is 2.62 bits per heavy atom. The van der Waals surface area contributed by atoms with Crippen LogP contribution in [0.25, 0.3) is 10.9 Å². The molecule has 10 nitrogen and oxygen atoms in total. The summed E-state index contributed by atoms with van der Waals surface area (Å²) < 4.78 is 21.2. The van der Waals surface area contributed by atoms with Crippen molar-refractivity contribution >= 4 is 28.3 Å². The number of likely N-dealkylation sites (tertiary alicyclic amines) is 1. The Hall–Kier alpha value is -4.09. The van der Waals surface area contributed by atoms with Gasteiger partial charge in [-0.2, -0.15) is 0 Å². The number of hydrogen-bond donors (Lipinski definition) is 2. The zero-order valence-corrected chi connectivity index (χ0v) is 22.1. The SMILES string of the molecule is Cc1cc2c(F)c(Oc3ncnc(Nc4ccc(CN5CCN(C)CC5)nc4)c3C(=O)N3CCC3)ccc2[nH]1. The molecule has 0 aliphatic carbocycles. The van der Waals surface area contributed by atoms with Crippen LogP contribution in [0.2, 0.25) is 0 Å². The van der Waals surface area contributed by atoms with E-state index in [0.29, 0.717) is 29.7 Å². The highest BCUT2D eigenvalue weighted by Crippen LogP contribution is 2.34. The number of ether oxygens (including phenoxy) is 1. The number of carbonyl (C=O) groups is 1. The van der Waals surface area contributed by atoms with Gasteiger partial charge < -0.3 is 24.8 Å². The maximum absolute atomic E-state index is 15.3. The minimum absolute atomic E-state index is 0.00504. The number of anilines is 2. The lowest BCUT2D eigenvalue weighted by molar-refractivity contribution is 0.0649. The summed E-state index contributed by atoms with van der Waals surface area (Å²) in [5, 5.41) is 3.62. The van der Waals surface area contributed by atoms with Crippen molar-refractivity contribution in [3.05, 3.63) is 65.6 Å². The Labute approximate surface area is 225 Å². The number of aromatic amines is 1. The molecule has 1 aromatic carbocycles. The van der Waals surface area contributed by atoms with Crippen molar-refractivity contribution in [1.82, 2.24) is 34.6 Å². The van der Waals surface area contributed by atoms with Crippen LogP contribution in [0.4, 0.5) is 15.9 Å². The van der Waals surface area contributed by atoms with E-state index in [0.717, 1.165) is 50.5 Å². The summed E-state index contributed by atoms with van der Waals surface area (Å²) in [5.74, 6) is -0.525. The number of likely N-dealkylation sites (N-methyl/N-ethyl adjacent to an activating group) is 1. The summed E-state index contributed by atoms with van der Waals surface area (Å²) in [6.45, 7) is 8.05. The lowest BCUT2D eigenvalue weighted by atomic mass is 10.1. The van der Waals surface area contributed by atoms with E-state index in [2.05, 4.69) is 42.1 Å². The molecule has 4 aromatic rings. The van der Waals surface area contributed by atoms with Gasteiger partial charge >= 0.3 is 0 Å². The number of rotatable bonds is 7. The summed E-state index contributed by atoms with van der Waals surface area (Å²) >= 11 is 0. The number of hydrogen-bond acceptors (Lipinski definition) is 8. The molecule has 1 amide bonds. The normalized spacial score (nSPS) is 16.3. The lowest BCUT2D eigenvalue weighted by Crippen LogP contribution is -2.43. The van der Waals surface area contributed by atoms with Crippen LogP contribution in [0, 0.1) is 12.7 Å². The molecule has 39 heavy (non-hydrogen) atoms. The Bertz CT molecular complexity index is 1490. The van der Waals surface area contributed by atoms with Crippen molar-refractivity contribution < 1.29 is 13.9 Å². The van der Waals surface area contributed by atoms with E-state index in [4.69, 9.17) is 4.74 Å². The summed E-state index contributed by atoms with van der Waals surface area (Å²) in [5.41, 5.74) is 3.31. The van der Waals surface area contributed by atoms with E-state index in [9.17, 15) is 4.79 Å². The standard InChI is InChI=1S/C28H31FN8O2/c1-18-14-21-22(33-18)6-7-23(25(21)29)39-27-24(28(38)37-8-3-9-37)26(31-17-32-27)34-19-4-5-20(30-15-19)16-36-12-10-35(2)11-13-36/h4-7,14-15,17,33H,3,8-13,16H2,1-2H3,(H,31,32,34). The van der Waals surface area contributed by atoms with Crippen LogP contribution in [0.5, 0.6) is 11.6 Å². The molecular weight excluding hydrogens is 499 g/mol. The first-order valence-electron chi connectivity index (χ1n) is 13.2. The number of H-pyrrole nitrogens is 1. The second kappa shape index (κ2) is 10.6. The summed E-state index contributed by atoms with van der Waals surface area (Å²) in [7, 11) is 2.14. The predicted octanol–water partition coefficient (Wildman–Crippen LogP) is 3.93. The molecule has 6 rings (SSSR count). The van der Waals surface area contributed by atoms with E-state index in [1.54, 1.807) is 23.2 Å². The third-order valence-corrected chi connectivity index (χ3v) is 7.28. The molecule has 3 aromatic heterocycles. The summed E-state index contributed by atoms with van der Waals surface area (Å²) in [4.78, 5) is 36.2. The average Bonchev–Trinajstić information content (AvgIpc) is 3.28. The second-order valence-electron chi connectivity index (χ2n) is 10.2. The zero-order valence-electron chi connectivity index (χ0n) is 22.1. The first kappa shape index (κ1) is 25.2. The van der Waals surface area contributed by atoms with Crippen molar-refractivity contribution in [2.75, 3.05) is 51.6 Å². The Morgan fingerprint density at radius 1 is 1.08 bits per heavy atom. The number of pyridine rings is 1. The van der Waals surface area contributed by atoms with Crippen LogP contribution in [-0.4, -0.2) is 86.9 Å². The van der Waals surface area contributed by atoms with Gasteiger partial charge in [-0.15, -0.1) is 0 Å². The minimum Gasteiger partial charge on any atom is -0.435 e. The van der Waals surface area contributed by atoms with Gasteiger partial charge in [0.1, 0.15) is 11.9 Å². The number of amides is 1. The number of aromatic nitrogens is 4. The highest BCUT2D eigenvalue weighted by atomic mass is 19.1. The van der Waals surface area contributed by atoms with Crippen molar-refractivity contribution in [3.8, 4) is 11.6 Å². The number of aryl methyl sites for hydroxylation is 1. The smallest absolute Gasteiger partial charge is 0.263 e. The number of nitrogens with one attached hydrogen (secondary N) is 2. The van der Waals surface area contributed by atoms with Gasteiger partial charge in [-0.25, -0.2) is 14.4 Å². The molecule has 0 radical (unpaired) electrons. The van der Waals surface area contributed by atoms with Crippen LogP contribution in [0.3, 0.4) is 0 Å². The number of benzene rings is 1. The second-order valence-corrected chi connectivity index (χ2v) is 10.2. The van der Waals surface area contributed by atoms with Crippen molar-refractivity contribution in [3.63, 3.8) is 0 Å². The molecule has 2 aliphatic heterocycles. The molecule has 0 spiro atoms. The van der Waals surface area contributed by atoms with Crippen molar-refractivity contribution in [2.24, 2.45) is 0 Å². The fourth-order valence-corrected chi connectivity index (χ4v) is 4.85. The molecule has 0 unspecified atom stereocenters. The summed E-state index contributed by atoms with van der Waals surface area (Å²) in [6, 6.07) is 8.88. The molecule has 2 saturated heterocycles. The maximum Gasteiger partial charge on any atom is 0.263 e. The fourth-order valence-electron chi connectivity index (χ4n) is 4.85. The molecule has 202 valence electrons. The Morgan fingerprint density at radius 2 is 1.90 bits per heavy atom. The number of piperazine rings is 1. The molecular formula is C28H31FN8O2. The molecule has 0 saturated carbocycles. The zero-order chi connectivity index (χ0) is 26.9. The van der Waals surface area contributed by atoms with Crippen LogP contribution in [0.15, 0.2) is 42.9 Å². The van der Waals surface area contributed by atoms with Crippen LogP contribution < -0.4 is 10.1 Å². The van der Waals surface area contributed by atoms with Crippen LogP contribution >= 0.6 is 0 Å². The highest BCUT2D eigenvalue weighted by molar-refractivity contribution is 6.02. The monoisotopic (exact) mass is 530 g/mol.